The Bertz CT molecular complexity index is 431. The quantitative estimate of drug-likeness (QED) is 0.838. The van der Waals surface area contributed by atoms with Gasteiger partial charge in [0.15, 0.2) is 0 Å². The molecule has 1 atom stereocenters. The monoisotopic (exact) mass is 275 g/mol. The highest BCUT2D eigenvalue weighted by molar-refractivity contribution is 5.25. The zero-order valence-electron chi connectivity index (χ0n) is 13.1. The average molecular weight is 275 g/mol. The molecular weight excluding hydrogens is 246 g/mol. The number of hydrogen-bond acceptors (Lipinski definition) is 2. The van der Waals surface area contributed by atoms with Gasteiger partial charge in [0.1, 0.15) is 0 Å². The number of aryl methyl sites for hydroxylation is 1. The summed E-state index contributed by atoms with van der Waals surface area (Å²) >= 11 is 0. The van der Waals surface area contributed by atoms with Crippen molar-refractivity contribution in [2.45, 2.75) is 69.7 Å². The molecule has 20 heavy (non-hydrogen) atoms. The summed E-state index contributed by atoms with van der Waals surface area (Å²) in [5.74, 6) is 0.749. The van der Waals surface area contributed by atoms with E-state index < -0.39 is 0 Å². The molecule has 0 aromatic carbocycles. The molecule has 0 saturated heterocycles. The summed E-state index contributed by atoms with van der Waals surface area (Å²) in [6.45, 7) is 1.25. The first-order chi connectivity index (χ1) is 9.75. The molecule has 1 fully saturated rings. The van der Waals surface area contributed by atoms with E-state index in [9.17, 15) is 0 Å². The third kappa shape index (κ3) is 2.93. The summed E-state index contributed by atoms with van der Waals surface area (Å²) in [6, 6.07) is 0.848. The largest absolute Gasteiger partial charge is 0.303 e. The van der Waals surface area contributed by atoms with Crippen LogP contribution in [0.15, 0.2) is 6.20 Å². The van der Waals surface area contributed by atoms with Crippen LogP contribution in [0.3, 0.4) is 0 Å². The molecule has 0 amide bonds. The Hall–Kier alpha value is -0.830. The normalized spacial score (nSPS) is 24.1. The van der Waals surface area contributed by atoms with E-state index in [0.29, 0.717) is 0 Å². The van der Waals surface area contributed by atoms with Gasteiger partial charge in [-0.15, -0.1) is 0 Å². The predicted octanol–water partition coefficient (Wildman–Crippen LogP) is 3.49. The van der Waals surface area contributed by atoms with Gasteiger partial charge in [-0.1, -0.05) is 19.3 Å². The molecule has 1 unspecified atom stereocenters. The number of aromatic nitrogens is 2. The minimum atomic E-state index is 0.749. The Balaban J connectivity index is 1.56. The summed E-state index contributed by atoms with van der Waals surface area (Å²) in [6.07, 6.45) is 14.5. The van der Waals surface area contributed by atoms with Crippen molar-refractivity contribution in [1.82, 2.24) is 14.7 Å². The lowest BCUT2D eigenvalue weighted by molar-refractivity contribution is 0.184. The van der Waals surface area contributed by atoms with Gasteiger partial charge in [-0.25, -0.2) is 0 Å². The minimum Gasteiger partial charge on any atom is -0.303 e. The van der Waals surface area contributed by atoms with E-state index in [-0.39, 0.29) is 0 Å². The van der Waals surface area contributed by atoms with Gasteiger partial charge in [-0.05, 0) is 63.6 Å². The van der Waals surface area contributed by atoms with Crippen molar-refractivity contribution in [3.8, 4) is 0 Å². The maximum Gasteiger partial charge on any atom is 0.0527 e. The zero-order chi connectivity index (χ0) is 13.9. The van der Waals surface area contributed by atoms with Gasteiger partial charge in [0.2, 0.25) is 0 Å². The van der Waals surface area contributed by atoms with Crippen LogP contribution in [0, 0.1) is 0 Å². The van der Waals surface area contributed by atoms with Gasteiger partial charge < -0.3 is 4.90 Å². The molecule has 1 saturated carbocycles. The summed E-state index contributed by atoms with van der Waals surface area (Å²) in [7, 11) is 4.43. The van der Waals surface area contributed by atoms with Crippen molar-refractivity contribution < 1.29 is 0 Å². The molecule has 3 nitrogen and oxygen atoms in total. The van der Waals surface area contributed by atoms with Crippen molar-refractivity contribution in [1.29, 1.82) is 0 Å². The molecule has 0 aliphatic heterocycles. The molecule has 0 spiro atoms. The van der Waals surface area contributed by atoms with Gasteiger partial charge in [0.05, 0.1) is 6.20 Å². The number of nitrogens with zero attached hydrogens (tertiary/aromatic N) is 3. The van der Waals surface area contributed by atoms with Crippen molar-refractivity contribution in [3.63, 3.8) is 0 Å². The summed E-state index contributed by atoms with van der Waals surface area (Å²) in [5, 5.41) is 4.47. The van der Waals surface area contributed by atoms with Crippen molar-refractivity contribution in [2.75, 3.05) is 13.6 Å². The van der Waals surface area contributed by atoms with E-state index in [1.807, 2.05) is 0 Å². The molecule has 3 heteroatoms. The Morgan fingerprint density at radius 3 is 2.80 bits per heavy atom. The van der Waals surface area contributed by atoms with Crippen molar-refractivity contribution in [3.05, 3.63) is 17.5 Å². The fourth-order valence-corrected chi connectivity index (χ4v) is 4.16. The van der Waals surface area contributed by atoms with Gasteiger partial charge in [0.25, 0.3) is 0 Å². The van der Waals surface area contributed by atoms with E-state index in [1.165, 1.54) is 75.6 Å². The third-order valence-electron chi connectivity index (χ3n) is 5.53. The fraction of sp³-hybridized carbons (Fsp3) is 0.824. The van der Waals surface area contributed by atoms with Crippen molar-refractivity contribution >= 4 is 0 Å². The van der Waals surface area contributed by atoms with Gasteiger partial charge in [-0.2, -0.15) is 5.10 Å². The summed E-state index contributed by atoms with van der Waals surface area (Å²) in [5.41, 5.74) is 3.03. The Kier molecular flexibility index (Phi) is 4.45. The lowest BCUT2D eigenvalue weighted by Gasteiger charge is -2.32. The molecule has 1 aromatic rings. The lowest BCUT2D eigenvalue weighted by atomic mass is 9.84. The van der Waals surface area contributed by atoms with Crippen LogP contribution >= 0.6 is 0 Å². The van der Waals surface area contributed by atoms with E-state index in [4.69, 9.17) is 0 Å². The van der Waals surface area contributed by atoms with Crippen LogP contribution in [0.2, 0.25) is 0 Å². The Morgan fingerprint density at radius 1 is 1.20 bits per heavy atom. The molecule has 1 heterocycles. The molecule has 0 bridgehead atoms. The van der Waals surface area contributed by atoms with Gasteiger partial charge in [-0.3, -0.25) is 4.68 Å². The summed E-state index contributed by atoms with van der Waals surface area (Å²) in [4.78, 5) is 2.63. The second kappa shape index (κ2) is 6.30. The SMILES string of the molecule is CN(CCC1CCCc2c1cnn2C)C1CCCCC1. The Labute approximate surface area is 123 Å². The molecular formula is C17H29N3. The first kappa shape index (κ1) is 14.1. The van der Waals surface area contributed by atoms with E-state index >= 15 is 0 Å². The molecule has 2 aliphatic rings. The molecule has 3 rings (SSSR count). The highest BCUT2D eigenvalue weighted by Gasteiger charge is 2.24. The first-order valence-corrected chi connectivity index (χ1v) is 8.46. The highest BCUT2D eigenvalue weighted by Crippen LogP contribution is 2.34. The molecule has 112 valence electrons. The number of rotatable bonds is 4. The minimum absolute atomic E-state index is 0.749. The lowest BCUT2D eigenvalue weighted by Crippen LogP contribution is -2.34. The fourth-order valence-electron chi connectivity index (χ4n) is 4.16. The molecule has 0 radical (unpaired) electrons. The van der Waals surface area contributed by atoms with Crippen LogP contribution in [0.4, 0.5) is 0 Å². The highest BCUT2D eigenvalue weighted by atomic mass is 15.3. The maximum absolute atomic E-state index is 4.47. The topological polar surface area (TPSA) is 21.1 Å². The third-order valence-corrected chi connectivity index (χ3v) is 5.53. The van der Waals surface area contributed by atoms with Crippen LogP contribution in [-0.2, 0) is 13.5 Å². The van der Waals surface area contributed by atoms with E-state index in [0.717, 1.165) is 12.0 Å². The maximum atomic E-state index is 4.47. The van der Waals surface area contributed by atoms with Gasteiger partial charge >= 0.3 is 0 Å². The molecule has 0 N–H and O–H groups in total. The van der Waals surface area contributed by atoms with Crippen LogP contribution in [0.5, 0.6) is 0 Å². The summed E-state index contributed by atoms with van der Waals surface area (Å²) < 4.78 is 2.09. The van der Waals surface area contributed by atoms with Crippen LogP contribution in [-0.4, -0.2) is 34.3 Å². The number of hydrogen-bond donors (Lipinski definition) is 0. The predicted molar refractivity (Wildman–Crippen MR) is 83.0 cm³/mol. The van der Waals surface area contributed by atoms with E-state index in [2.05, 4.69) is 35.0 Å². The molecule has 1 aromatic heterocycles. The van der Waals surface area contributed by atoms with Crippen LogP contribution < -0.4 is 0 Å². The second-order valence-corrected chi connectivity index (χ2v) is 6.82. The standard InChI is InChI=1S/C17H29N3/c1-19(15-8-4-3-5-9-15)12-11-14-7-6-10-17-16(14)13-18-20(17)2/h13-15H,3-12H2,1-2H3. The van der Waals surface area contributed by atoms with E-state index in [1.54, 1.807) is 0 Å². The van der Waals surface area contributed by atoms with Crippen LogP contribution in [0.1, 0.15) is 68.5 Å². The van der Waals surface area contributed by atoms with Crippen LogP contribution in [0.25, 0.3) is 0 Å². The van der Waals surface area contributed by atoms with Crippen molar-refractivity contribution in [2.24, 2.45) is 7.05 Å². The number of fused-ring (bicyclic) bond motifs is 1. The Morgan fingerprint density at radius 2 is 2.00 bits per heavy atom. The smallest absolute Gasteiger partial charge is 0.0527 e. The first-order valence-electron chi connectivity index (χ1n) is 8.46. The molecule has 2 aliphatic carbocycles. The second-order valence-electron chi connectivity index (χ2n) is 6.82. The van der Waals surface area contributed by atoms with Gasteiger partial charge in [0, 0.05) is 18.8 Å². The zero-order valence-corrected chi connectivity index (χ0v) is 13.1. The average Bonchev–Trinajstić information content (AvgIpc) is 2.88.